The monoisotopic (exact) mass is 406 g/mol. The van der Waals surface area contributed by atoms with Crippen molar-refractivity contribution < 1.29 is 4.79 Å². The summed E-state index contributed by atoms with van der Waals surface area (Å²) in [4.78, 5) is 19.2. The molecule has 2 fully saturated rings. The fourth-order valence-electron chi connectivity index (χ4n) is 3.98. The van der Waals surface area contributed by atoms with E-state index in [1.807, 2.05) is 23.5 Å². The molecule has 0 saturated carbocycles. The zero-order chi connectivity index (χ0) is 19.1. The normalized spacial score (nSPS) is 22.0. The molecule has 2 aliphatic heterocycles. The molecule has 1 aromatic carbocycles. The van der Waals surface area contributed by atoms with E-state index in [4.69, 9.17) is 0 Å². The van der Waals surface area contributed by atoms with Crippen molar-refractivity contribution in [3.8, 4) is 0 Å². The SMILES string of the molecule is CC(C)Sc1ccc(CC(=O)N2CCCSCC2CN2CCCCC2)cc1. The Labute approximate surface area is 173 Å². The number of hydrogen-bond acceptors (Lipinski definition) is 4. The average Bonchev–Trinajstić information content (AvgIpc) is 2.89. The average molecular weight is 407 g/mol. The van der Waals surface area contributed by atoms with E-state index in [1.54, 1.807) is 0 Å². The van der Waals surface area contributed by atoms with Gasteiger partial charge in [0.15, 0.2) is 0 Å². The minimum absolute atomic E-state index is 0.309. The number of likely N-dealkylation sites (tertiary alicyclic amines) is 1. The summed E-state index contributed by atoms with van der Waals surface area (Å²) >= 11 is 3.90. The van der Waals surface area contributed by atoms with E-state index in [-0.39, 0.29) is 0 Å². The van der Waals surface area contributed by atoms with Crippen LogP contribution in [0.5, 0.6) is 0 Å². The first-order valence-corrected chi connectivity index (χ1v) is 12.5. The maximum Gasteiger partial charge on any atom is 0.227 e. The topological polar surface area (TPSA) is 23.6 Å². The lowest BCUT2D eigenvalue weighted by Crippen LogP contribution is -2.49. The Morgan fingerprint density at radius 1 is 1.11 bits per heavy atom. The van der Waals surface area contributed by atoms with Gasteiger partial charge in [-0.1, -0.05) is 32.4 Å². The van der Waals surface area contributed by atoms with Gasteiger partial charge in [0.05, 0.1) is 12.5 Å². The van der Waals surface area contributed by atoms with Gasteiger partial charge in [0, 0.05) is 29.0 Å². The predicted molar refractivity (Wildman–Crippen MR) is 119 cm³/mol. The van der Waals surface area contributed by atoms with Gasteiger partial charge < -0.3 is 9.80 Å². The molecule has 0 aromatic heterocycles. The van der Waals surface area contributed by atoms with E-state index >= 15 is 0 Å². The van der Waals surface area contributed by atoms with Crippen LogP contribution in [0.3, 0.4) is 0 Å². The number of nitrogens with zero attached hydrogens (tertiary/aromatic N) is 2. The Kier molecular flexibility index (Phi) is 8.41. The molecule has 0 aliphatic carbocycles. The molecule has 150 valence electrons. The van der Waals surface area contributed by atoms with Crippen molar-refractivity contribution in [1.82, 2.24) is 9.80 Å². The van der Waals surface area contributed by atoms with Crippen molar-refractivity contribution in [2.75, 3.05) is 37.7 Å². The number of piperidine rings is 1. The Bertz CT molecular complexity index is 584. The van der Waals surface area contributed by atoms with Crippen molar-refractivity contribution in [3.63, 3.8) is 0 Å². The summed E-state index contributed by atoms with van der Waals surface area (Å²) in [6.07, 6.45) is 5.65. The molecular formula is C22H34N2OS2. The zero-order valence-electron chi connectivity index (χ0n) is 16.9. The van der Waals surface area contributed by atoms with Gasteiger partial charge in [-0.25, -0.2) is 0 Å². The quantitative estimate of drug-likeness (QED) is 0.647. The van der Waals surface area contributed by atoms with Crippen molar-refractivity contribution >= 4 is 29.4 Å². The summed E-state index contributed by atoms with van der Waals surface area (Å²) < 4.78 is 0. The fraction of sp³-hybridized carbons (Fsp3) is 0.682. The van der Waals surface area contributed by atoms with Gasteiger partial charge in [-0.2, -0.15) is 11.8 Å². The van der Waals surface area contributed by atoms with E-state index in [2.05, 4.69) is 47.9 Å². The zero-order valence-corrected chi connectivity index (χ0v) is 18.5. The van der Waals surface area contributed by atoms with Crippen LogP contribution in [0.25, 0.3) is 0 Å². The number of rotatable bonds is 6. The first-order valence-electron chi connectivity index (χ1n) is 10.5. The van der Waals surface area contributed by atoms with Crippen LogP contribution in [0.4, 0.5) is 0 Å². The number of hydrogen-bond donors (Lipinski definition) is 0. The molecule has 1 unspecified atom stereocenters. The van der Waals surface area contributed by atoms with Gasteiger partial charge in [0.2, 0.25) is 5.91 Å². The molecule has 5 heteroatoms. The molecule has 3 nitrogen and oxygen atoms in total. The number of thioether (sulfide) groups is 2. The van der Waals surface area contributed by atoms with Gasteiger partial charge >= 0.3 is 0 Å². The minimum atomic E-state index is 0.309. The Balaban J connectivity index is 1.60. The van der Waals surface area contributed by atoms with Crippen molar-refractivity contribution in [2.45, 2.75) is 62.1 Å². The maximum atomic E-state index is 13.1. The summed E-state index contributed by atoms with van der Waals surface area (Å²) in [6, 6.07) is 8.97. The lowest BCUT2D eigenvalue weighted by Gasteiger charge is -2.36. The molecule has 2 aliphatic rings. The number of amides is 1. The molecule has 2 saturated heterocycles. The van der Waals surface area contributed by atoms with E-state index in [0.29, 0.717) is 23.6 Å². The summed E-state index contributed by atoms with van der Waals surface area (Å²) in [6.45, 7) is 8.81. The highest BCUT2D eigenvalue weighted by molar-refractivity contribution is 8.00. The van der Waals surface area contributed by atoms with Crippen LogP contribution in [0.1, 0.15) is 45.1 Å². The van der Waals surface area contributed by atoms with Gasteiger partial charge in [-0.3, -0.25) is 4.79 Å². The van der Waals surface area contributed by atoms with E-state index in [1.165, 1.54) is 43.0 Å². The lowest BCUT2D eigenvalue weighted by molar-refractivity contribution is -0.132. The van der Waals surface area contributed by atoms with Crippen molar-refractivity contribution in [3.05, 3.63) is 29.8 Å². The summed E-state index contributed by atoms with van der Waals surface area (Å²) in [5.41, 5.74) is 1.14. The molecule has 2 heterocycles. The van der Waals surface area contributed by atoms with Crippen LogP contribution in [0.15, 0.2) is 29.2 Å². The second-order valence-electron chi connectivity index (χ2n) is 8.02. The van der Waals surface area contributed by atoms with Crippen LogP contribution in [-0.4, -0.2) is 64.7 Å². The third-order valence-electron chi connectivity index (χ3n) is 5.33. The highest BCUT2D eigenvalue weighted by Crippen LogP contribution is 2.24. The highest BCUT2D eigenvalue weighted by Gasteiger charge is 2.27. The van der Waals surface area contributed by atoms with E-state index in [9.17, 15) is 4.79 Å². The molecule has 0 spiro atoms. The van der Waals surface area contributed by atoms with Crippen molar-refractivity contribution in [2.24, 2.45) is 0 Å². The van der Waals surface area contributed by atoms with Gasteiger partial charge in [-0.15, -0.1) is 11.8 Å². The maximum absolute atomic E-state index is 13.1. The second-order valence-corrected chi connectivity index (χ2v) is 10.8. The summed E-state index contributed by atoms with van der Waals surface area (Å²) in [5.74, 6) is 2.58. The molecule has 1 amide bonds. The molecule has 27 heavy (non-hydrogen) atoms. The fourth-order valence-corrected chi connectivity index (χ4v) is 5.88. The molecule has 1 aromatic rings. The predicted octanol–water partition coefficient (Wildman–Crippen LogP) is 4.55. The second kappa shape index (κ2) is 10.8. The summed E-state index contributed by atoms with van der Waals surface area (Å²) in [7, 11) is 0. The number of carbonyl (C=O) groups excluding carboxylic acids is 1. The first-order chi connectivity index (χ1) is 13.1. The molecular weight excluding hydrogens is 372 g/mol. The van der Waals surface area contributed by atoms with Gasteiger partial charge in [-0.05, 0) is 55.8 Å². The Morgan fingerprint density at radius 2 is 1.85 bits per heavy atom. The molecule has 1 atom stereocenters. The standard InChI is InChI=1S/C22H34N2OS2/c1-18(2)27-21-9-7-19(8-10-21)15-22(25)24-13-6-14-26-17-20(24)16-23-11-4-3-5-12-23/h7-10,18,20H,3-6,11-17H2,1-2H3. The minimum Gasteiger partial charge on any atom is -0.337 e. The molecule has 0 radical (unpaired) electrons. The smallest absolute Gasteiger partial charge is 0.227 e. The van der Waals surface area contributed by atoms with Gasteiger partial charge in [0.1, 0.15) is 0 Å². The third kappa shape index (κ3) is 6.72. The molecule has 0 bridgehead atoms. The van der Waals surface area contributed by atoms with Crippen LogP contribution >= 0.6 is 23.5 Å². The third-order valence-corrected chi connectivity index (χ3v) is 7.54. The van der Waals surface area contributed by atoms with Crippen LogP contribution in [-0.2, 0) is 11.2 Å². The largest absolute Gasteiger partial charge is 0.337 e. The Morgan fingerprint density at radius 3 is 2.56 bits per heavy atom. The number of carbonyl (C=O) groups is 1. The Hall–Kier alpha value is -0.650. The molecule has 0 N–H and O–H groups in total. The van der Waals surface area contributed by atoms with Crippen LogP contribution < -0.4 is 0 Å². The van der Waals surface area contributed by atoms with Crippen LogP contribution in [0, 0.1) is 0 Å². The number of benzene rings is 1. The lowest BCUT2D eigenvalue weighted by atomic mass is 10.1. The van der Waals surface area contributed by atoms with E-state index in [0.717, 1.165) is 30.8 Å². The van der Waals surface area contributed by atoms with E-state index < -0.39 is 0 Å². The summed E-state index contributed by atoms with van der Waals surface area (Å²) in [5, 5.41) is 0.586. The first kappa shape index (κ1) is 21.1. The highest BCUT2D eigenvalue weighted by atomic mass is 32.2. The van der Waals surface area contributed by atoms with Crippen LogP contribution in [0.2, 0.25) is 0 Å². The van der Waals surface area contributed by atoms with Crippen molar-refractivity contribution in [1.29, 1.82) is 0 Å². The van der Waals surface area contributed by atoms with Gasteiger partial charge in [0.25, 0.3) is 0 Å². The molecule has 3 rings (SSSR count).